The Balaban J connectivity index is 1.72. The first-order valence-electron chi connectivity index (χ1n) is 11.2. The summed E-state index contributed by atoms with van der Waals surface area (Å²) in [5.74, 6) is 1.61. The zero-order valence-corrected chi connectivity index (χ0v) is 18.8. The third-order valence-corrected chi connectivity index (χ3v) is 6.08. The highest BCUT2D eigenvalue weighted by Crippen LogP contribution is 2.39. The number of hydrogen-bond donors (Lipinski definition) is 1. The number of nitrogens with two attached hydrogens (primary N) is 1. The molecule has 1 heterocycles. The summed E-state index contributed by atoms with van der Waals surface area (Å²) in [6.07, 6.45) is 6.39. The maximum Gasteiger partial charge on any atom is 0.161 e. The van der Waals surface area contributed by atoms with E-state index in [9.17, 15) is 5.26 Å². The fraction of sp³-hybridized carbons (Fsp3) is 0.333. The topological polar surface area (TPSA) is 81.2 Å². The van der Waals surface area contributed by atoms with E-state index in [0.29, 0.717) is 29.5 Å². The molecular weight excluding hydrogens is 398 g/mol. The van der Waals surface area contributed by atoms with Crippen LogP contribution in [0.15, 0.2) is 42.5 Å². The van der Waals surface area contributed by atoms with Crippen LogP contribution in [-0.4, -0.2) is 12.1 Å². The molecule has 2 aromatic carbocycles. The number of benzene rings is 2. The first-order valence-corrected chi connectivity index (χ1v) is 11.2. The number of methoxy groups -OCH3 is 1. The minimum atomic E-state index is 0.306. The number of hydrogen-bond acceptors (Lipinski definition) is 5. The molecule has 0 unspecified atom stereocenters. The van der Waals surface area contributed by atoms with Crippen LogP contribution in [0.2, 0.25) is 0 Å². The Bertz CT molecular complexity index is 1150. The van der Waals surface area contributed by atoms with E-state index in [0.717, 1.165) is 53.6 Å². The molecule has 5 heteroatoms. The summed E-state index contributed by atoms with van der Waals surface area (Å²) in [6, 6.07) is 16.4. The summed E-state index contributed by atoms with van der Waals surface area (Å²) in [4.78, 5) is 4.60. The Morgan fingerprint density at radius 2 is 1.75 bits per heavy atom. The van der Waals surface area contributed by atoms with Crippen LogP contribution < -0.4 is 15.2 Å². The van der Waals surface area contributed by atoms with E-state index in [1.54, 1.807) is 7.11 Å². The summed E-state index contributed by atoms with van der Waals surface area (Å²) in [5, 5.41) is 9.87. The van der Waals surface area contributed by atoms with Crippen molar-refractivity contribution >= 4 is 5.82 Å². The molecule has 0 saturated carbocycles. The molecule has 164 valence electrons. The summed E-state index contributed by atoms with van der Waals surface area (Å²) in [7, 11) is 1.63. The van der Waals surface area contributed by atoms with Gasteiger partial charge in [-0.25, -0.2) is 4.98 Å². The van der Waals surface area contributed by atoms with Crippen LogP contribution in [0.5, 0.6) is 11.5 Å². The van der Waals surface area contributed by atoms with Crippen molar-refractivity contribution in [2.45, 2.75) is 52.1 Å². The van der Waals surface area contributed by atoms with Crippen LogP contribution in [0.1, 0.15) is 53.6 Å². The molecule has 0 bridgehead atoms. The average Bonchev–Trinajstić information content (AvgIpc) is 2.79. The highest BCUT2D eigenvalue weighted by molar-refractivity contribution is 5.80. The molecule has 0 atom stereocenters. The molecule has 0 fully saturated rings. The molecule has 0 spiro atoms. The summed E-state index contributed by atoms with van der Waals surface area (Å²) in [5.41, 5.74) is 12.9. The first-order chi connectivity index (χ1) is 15.6. The lowest BCUT2D eigenvalue weighted by atomic mass is 9.88. The van der Waals surface area contributed by atoms with Crippen molar-refractivity contribution in [3.8, 4) is 28.7 Å². The maximum absolute atomic E-state index is 9.87. The number of aromatic nitrogens is 1. The van der Waals surface area contributed by atoms with E-state index in [1.165, 1.54) is 18.4 Å². The highest BCUT2D eigenvalue weighted by atomic mass is 16.5. The van der Waals surface area contributed by atoms with Gasteiger partial charge in [-0.15, -0.1) is 0 Å². The van der Waals surface area contributed by atoms with Crippen LogP contribution in [-0.2, 0) is 19.4 Å². The maximum atomic E-state index is 9.87. The fourth-order valence-corrected chi connectivity index (χ4v) is 4.34. The lowest BCUT2D eigenvalue weighted by Crippen LogP contribution is -2.10. The first kappa shape index (κ1) is 21.7. The Morgan fingerprint density at radius 3 is 2.47 bits per heavy atom. The monoisotopic (exact) mass is 427 g/mol. The lowest BCUT2D eigenvalue weighted by Gasteiger charge is -2.20. The van der Waals surface area contributed by atoms with Gasteiger partial charge in [-0.1, -0.05) is 48.7 Å². The highest BCUT2D eigenvalue weighted by Gasteiger charge is 2.21. The van der Waals surface area contributed by atoms with Crippen molar-refractivity contribution in [2.75, 3.05) is 12.8 Å². The van der Waals surface area contributed by atoms with Gasteiger partial charge in [-0.3, -0.25) is 0 Å². The van der Waals surface area contributed by atoms with Gasteiger partial charge in [0.25, 0.3) is 0 Å². The van der Waals surface area contributed by atoms with E-state index < -0.39 is 0 Å². The Hall–Kier alpha value is -3.52. The summed E-state index contributed by atoms with van der Waals surface area (Å²) >= 11 is 0. The van der Waals surface area contributed by atoms with Crippen molar-refractivity contribution in [3.05, 3.63) is 70.4 Å². The predicted octanol–water partition coefficient (Wildman–Crippen LogP) is 5.76. The van der Waals surface area contributed by atoms with Crippen LogP contribution in [0.4, 0.5) is 5.82 Å². The van der Waals surface area contributed by atoms with Crippen molar-refractivity contribution < 1.29 is 9.47 Å². The number of ether oxygens (including phenoxy) is 2. The van der Waals surface area contributed by atoms with E-state index in [4.69, 9.17) is 15.2 Å². The number of pyridine rings is 1. The zero-order valence-electron chi connectivity index (χ0n) is 18.8. The van der Waals surface area contributed by atoms with Crippen molar-refractivity contribution in [1.29, 1.82) is 5.26 Å². The fourth-order valence-electron chi connectivity index (χ4n) is 4.34. The molecule has 0 radical (unpaired) electrons. The van der Waals surface area contributed by atoms with Crippen molar-refractivity contribution in [1.82, 2.24) is 4.98 Å². The largest absolute Gasteiger partial charge is 0.493 e. The van der Waals surface area contributed by atoms with Crippen LogP contribution >= 0.6 is 0 Å². The molecule has 0 saturated heterocycles. The summed E-state index contributed by atoms with van der Waals surface area (Å²) < 4.78 is 11.7. The second-order valence-electron chi connectivity index (χ2n) is 8.34. The van der Waals surface area contributed by atoms with Crippen molar-refractivity contribution in [2.24, 2.45) is 0 Å². The van der Waals surface area contributed by atoms with Gasteiger partial charge in [-0.05, 0) is 61.4 Å². The molecule has 5 nitrogen and oxygen atoms in total. The second-order valence-corrected chi connectivity index (χ2v) is 8.34. The molecule has 4 rings (SSSR count). The second kappa shape index (κ2) is 9.74. The molecule has 0 amide bonds. The molecule has 3 aromatic rings. The lowest BCUT2D eigenvalue weighted by molar-refractivity contribution is 0.284. The van der Waals surface area contributed by atoms with Gasteiger partial charge in [0.15, 0.2) is 11.5 Å². The quantitative estimate of drug-likeness (QED) is 0.560. The van der Waals surface area contributed by atoms with Gasteiger partial charge in [0, 0.05) is 11.3 Å². The van der Waals surface area contributed by atoms with Crippen LogP contribution in [0.25, 0.3) is 11.1 Å². The molecule has 32 heavy (non-hydrogen) atoms. The molecule has 1 aromatic heterocycles. The molecular formula is C27H29N3O2. The number of nitriles is 1. The number of nitrogens with zero attached hydrogens (tertiary/aromatic N) is 2. The Kier molecular flexibility index (Phi) is 6.61. The number of rotatable bonds is 5. The van der Waals surface area contributed by atoms with E-state index in [-0.39, 0.29) is 0 Å². The van der Waals surface area contributed by atoms with E-state index >= 15 is 0 Å². The van der Waals surface area contributed by atoms with Gasteiger partial charge < -0.3 is 15.2 Å². The van der Waals surface area contributed by atoms with E-state index in [1.807, 2.05) is 18.2 Å². The molecule has 2 N–H and O–H groups in total. The normalized spacial score (nSPS) is 13.4. The Labute approximate surface area is 189 Å². The van der Waals surface area contributed by atoms with Gasteiger partial charge >= 0.3 is 0 Å². The van der Waals surface area contributed by atoms with E-state index in [2.05, 4.69) is 42.2 Å². The minimum absolute atomic E-state index is 0.306. The zero-order chi connectivity index (χ0) is 22.5. The smallest absolute Gasteiger partial charge is 0.161 e. The van der Waals surface area contributed by atoms with Gasteiger partial charge in [0.1, 0.15) is 24.1 Å². The number of aryl methyl sites for hydroxylation is 2. The van der Waals surface area contributed by atoms with Gasteiger partial charge in [0.2, 0.25) is 0 Å². The summed E-state index contributed by atoms with van der Waals surface area (Å²) in [6.45, 7) is 2.52. The third kappa shape index (κ3) is 4.55. The average molecular weight is 428 g/mol. The minimum Gasteiger partial charge on any atom is -0.493 e. The Morgan fingerprint density at radius 1 is 1.00 bits per heavy atom. The number of fused-ring (bicyclic) bond motifs is 1. The predicted molar refractivity (Wildman–Crippen MR) is 127 cm³/mol. The van der Waals surface area contributed by atoms with Crippen LogP contribution in [0.3, 0.4) is 0 Å². The number of nitrogen functional groups attached to an aromatic ring is 1. The van der Waals surface area contributed by atoms with Gasteiger partial charge in [-0.2, -0.15) is 5.26 Å². The molecule has 1 aliphatic carbocycles. The van der Waals surface area contributed by atoms with Crippen molar-refractivity contribution in [3.63, 3.8) is 0 Å². The number of anilines is 1. The van der Waals surface area contributed by atoms with Gasteiger partial charge in [0.05, 0.1) is 7.11 Å². The molecule has 0 aliphatic heterocycles. The molecule has 1 aliphatic rings. The van der Waals surface area contributed by atoms with Crippen LogP contribution in [0, 0.1) is 18.3 Å². The SMILES string of the molecule is COc1cc(-c2c(C#N)c(N)nc3c2CCCCCC3)ccc1OCc1ccc(C)cc1. The standard InChI is InChI=1S/C27H29N3O2/c1-18-9-11-19(12-10-18)17-32-24-14-13-20(15-25(24)31-2)26-21-7-5-3-4-6-8-23(21)30-27(29)22(26)16-28/h9-15H,3-8,17H2,1-2H3,(H2,29,30). The third-order valence-electron chi connectivity index (χ3n) is 6.08.